The maximum absolute atomic E-state index is 12.7. The molecule has 0 spiro atoms. The number of carbonyl (C=O) groups is 1. The molecule has 2 rings (SSSR count). The number of quaternary nitrogens is 1. The van der Waals surface area contributed by atoms with Crippen molar-refractivity contribution < 1.29 is 9.69 Å². The number of carbonyl (C=O) groups excluding carboxylic acids is 1. The van der Waals surface area contributed by atoms with Crippen LogP contribution in [0.4, 0.5) is 5.69 Å². The summed E-state index contributed by atoms with van der Waals surface area (Å²) in [6, 6.07) is 14.6. The number of anilines is 1. The van der Waals surface area contributed by atoms with Gasteiger partial charge in [-0.1, -0.05) is 74.0 Å². The van der Waals surface area contributed by atoms with Gasteiger partial charge in [-0.3, -0.25) is 4.79 Å². The van der Waals surface area contributed by atoms with E-state index in [1.165, 1.54) is 16.7 Å². The largest absolute Gasteiger partial charge is 0.326 e. The molecule has 0 radical (unpaired) electrons. The standard InChI is InChI=1S/C22H29BrN2O/c1-15(2)19-7-6-8-20(16(3)4)22(19)24-21(26)14-25(5)13-17-9-11-18(23)12-10-17/h6-12,15-16H,13-14H2,1-5H3,(H,24,26)/p+1. The zero-order chi connectivity index (χ0) is 19.3. The van der Waals surface area contributed by atoms with Gasteiger partial charge in [-0.05, 0) is 35.1 Å². The van der Waals surface area contributed by atoms with Gasteiger partial charge < -0.3 is 10.2 Å². The van der Waals surface area contributed by atoms with Gasteiger partial charge in [0.25, 0.3) is 5.91 Å². The van der Waals surface area contributed by atoms with Crippen LogP contribution in [0.25, 0.3) is 0 Å². The molecule has 140 valence electrons. The summed E-state index contributed by atoms with van der Waals surface area (Å²) in [6.07, 6.45) is 0. The third-order valence-electron chi connectivity index (χ3n) is 4.52. The fourth-order valence-corrected chi connectivity index (χ4v) is 3.43. The van der Waals surface area contributed by atoms with E-state index in [0.29, 0.717) is 18.4 Å². The van der Waals surface area contributed by atoms with E-state index in [-0.39, 0.29) is 5.91 Å². The number of hydrogen-bond donors (Lipinski definition) is 2. The molecule has 3 nitrogen and oxygen atoms in total. The van der Waals surface area contributed by atoms with Crippen LogP contribution >= 0.6 is 15.9 Å². The summed E-state index contributed by atoms with van der Waals surface area (Å²) < 4.78 is 1.07. The first-order valence-corrected chi connectivity index (χ1v) is 10.1. The van der Waals surface area contributed by atoms with Crippen LogP contribution in [0.3, 0.4) is 0 Å². The maximum Gasteiger partial charge on any atom is 0.279 e. The van der Waals surface area contributed by atoms with Crippen molar-refractivity contribution in [2.45, 2.75) is 46.1 Å². The second-order valence-corrected chi connectivity index (χ2v) is 8.52. The van der Waals surface area contributed by atoms with E-state index in [1.807, 2.05) is 12.1 Å². The van der Waals surface area contributed by atoms with Gasteiger partial charge in [-0.15, -0.1) is 0 Å². The second kappa shape index (κ2) is 9.33. The highest BCUT2D eigenvalue weighted by Gasteiger charge is 2.18. The first kappa shape index (κ1) is 20.7. The van der Waals surface area contributed by atoms with Crippen molar-refractivity contribution in [3.63, 3.8) is 0 Å². The Bertz CT molecular complexity index is 712. The molecule has 0 heterocycles. The van der Waals surface area contributed by atoms with Gasteiger partial charge >= 0.3 is 0 Å². The van der Waals surface area contributed by atoms with Crippen LogP contribution in [0, 0.1) is 0 Å². The fourth-order valence-electron chi connectivity index (χ4n) is 3.17. The molecular weight excluding hydrogens is 388 g/mol. The van der Waals surface area contributed by atoms with Gasteiger partial charge in [0.05, 0.1) is 7.05 Å². The van der Waals surface area contributed by atoms with Gasteiger partial charge in [-0.25, -0.2) is 0 Å². The summed E-state index contributed by atoms with van der Waals surface area (Å²) in [5.74, 6) is 0.809. The molecule has 1 atom stereocenters. The second-order valence-electron chi connectivity index (χ2n) is 7.61. The molecule has 4 heteroatoms. The summed E-state index contributed by atoms with van der Waals surface area (Å²) in [5.41, 5.74) is 4.63. The highest BCUT2D eigenvalue weighted by molar-refractivity contribution is 9.10. The van der Waals surface area contributed by atoms with Crippen LogP contribution in [0.5, 0.6) is 0 Å². The summed E-state index contributed by atoms with van der Waals surface area (Å²) >= 11 is 3.45. The van der Waals surface area contributed by atoms with Crippen LogP contribution in [0.2, 0.25) is 0 Å². The molecule has 0 saturated heterocycles. The molecule has 2 N–H and O–H groups in total. The van der Waals surface area contributed by atoms with Crippen LogP contribution in [-0.2, 0) is 11.3 Å². The summed E-state index contributed by atoms with van der Waals surface area (Å²) in [5, 5.41) is 3.20. The molecule has 0 aliphatic carbocycles. The lowest BCUT2D eigenvalue weighted by molar-refractivity contribution is -0.885. The van der Waals surface area contributed by atoms with E-state index in [2.05, 4.69) is 86.3 Å². The van der Waals surface area contributed by atoms with Crippen molar-refractivity contribution in [1.29, 1.82) is 0 Å². The number of nitrogens with one attached hydrogen (secondary N) is 2. The molecule has 2 aromatic carbocycles. The van der Waals surface area contributed by atoms with Crippen molar-refractivity contribution >= 4 is 27.5 Å². The van der Waals surface area contributed by atoms with Crippen molar-refractivity contribution in [3.05, 3.63) is 63.6 Å². The predicted molar refractivity (Wildman–Crippen MR) is 113 cm³/mol. The van der Waals surface area contributed by atoms with Crippen molar-refractivity contribution in [2.75, 3.05) is 18.9 Å². The SMILES string of the molecule is CC(C)c1cccc(C(C)C)c1NC(=O)C[NH+](C)Cc1ccc(Br)cc1. The van der Waals surface area contributed by atoms with Crippen molar-refractivity contribution in [2.24, 2.45) is 0 Å². The third-order valence-corrected chi connectivity index (χ3v) is 5.05. The first-order chi connectivity index (χ1) is 12.3. The Balaban J connectivity index is 2.08. The van der Waals surface area contributed by atoms with E-state index in [1.54, 1.807) is 0 Å². The number of benzene rings is 2. The Morgan fingerprint density at radius 2 is 1.54 bits per heavy atom. The maximum atomic E-state index is 12.7. The monoisotopic (exact) mass is 417 g/mol. The molecule has 0 aliphatic heterocycles. The van der Waals surface area contributed by atoms with Gasteiger partial charge in [0.15, 0.2) is 6.54 Å². The van der Waals surface area contributed by atoms with Crippen LogP contribution in [0.15, 0.2) is 46.9 Å². The summed E-state index contributed by atoms with van der Waals surface area (Å²) in [4.78, 5) is 13.8. The number of likely N-dealkylation sites (N-methyl/N-ethyl adjacent to an activating group) is 1. The highest BCUT2D eigenvalue weighted by atomic mass is 79.9. The lowest BCUT2D eigenvalue weighted by Gasteiger charge is -2.21. The molecule has 0 aliphatic rings. The lowest BCUT2D eigenvalue weighted by atomic mass is 9.92. The molecule has 26 heavy (non-hydrogen) atoms. The lowest BCUT2D eigenvalue weighted by Crippen LogP contribution is -3.08. The van der Waals surface area contributed by atoms with Crippen molar-refractivity contribution in [1.82, 2.24) is 0 Å². The number of amides is 1. The zero-order valence-corrected chi connectivity index (χ0v) is 18.0. The van der Waals surface area contributed by atoms with E-state index < -0.39 is 0 Å². The first-order valence-electron chi connectivity index (χ1n) is 9.26. The number of hydrogen-bond acceptors (Lipinski definition) is 1. The molecule has 0 saturated carbocycles. The minimum atomic E-state index is 0.0645. The summed E-state index contributed by atoms with van der Waals surface area (Å²) in [6.45, 7) is 9.93. The molecule has 1 amide bonds. The van der Waals surface area contributed by atoms with E-state index in [4.69, 9.17) is 0 Å². The Labute approximate surface area is 165 Å². The Morgan fingerprint density at radius 3 is 2.04 bits per heavy atom. The van der Waals surface area contributed by atoms with Gasteiger partial charge in [0.1, 0.15) is 6.54 Å². The smallest absolute Gasteiger partial charge is 0.279 e. The fraction of sp³-hybridized carbons (Fsp3) is 0.409. The topological polar surface area (TPSA) is 33.5 Å². The normalized spacial score (nSPS) is 12.5. The van der Waals surface area contributed by atoms with Crippen LogP contribution in [-0.4, -0.2) is 19.5 Å². The van der Waals surface area contributed by atoms with Gasteiger partial charge in [0.2, 0.25) is 0 Å². The summed E-state index contributed by atoms with van der Waals surface area (Å²) in [7, 11) is 2.05. The predicted octanol–water partition coefficient (Wildman–Crippen LogP) is 4.35. The molecule has 0 bridgehead atoms. The Morgan fingerprint density at radius 1 is 1.00 bits per heavy atom. The van der Waals surface area contributed by atoms with Gasteiger partial charge in [-0.2, -0.15) is 0 Å². The van der Waals surface area contributed by atoms with Crippen LogP contribution < -0.4 is 10.2 Å². The van der Waals surface area contributed by atoms with Crippen molar-refractivity contribution in [3.8, 4) is 0 Å². The minimum absolute atomic E-state index is 0.0645. The third kappa shape index (κ3) is 5.68. The number of halogens is 1. The Hall–Kier alpha value is -1.65. The molecule has 0 aromatic heterocycles. The molecule has 2 aromatic rings. The number of para-hydroxylation sites is 1. The Kier molecular flexibility index (Phi) is 7.42. The van der Waals surface area contributed by atoms with E-state index in [0.717, 1.165) is 21.6 Å². The quantitative estimate of drug-likeness (QED) is 0.689. The van der Waals surface area contributed by atoms with E-state index >= 15 is 0 Å². The van der Waals surface area contributed by atoms with Crippen LogP contribution in [0.1, 0.15) is 56.2 Å². The average molecular weight is 418 g/mol. The molecule has 1 unspecified atom stereocenters. The molecular formula is C22H30BrN2O+. The average Bonchev–Trinajstić information content (AvgIpc) is 2.56. The minimum Gasteiger partial charge on any atom is -0.326 e. The van der Waals surface area contributed by atoms with Gasteiger partial charge in [0, 0.05) is 15.7 Å². The highest BCUT2D eigenvalue weighted by Crippen LogP contribution is 2.32. The zero-order valence-electron chi connectivity index (χ0n) is 16.4. The molecule has 0 fully saturated rings. The number of rotatable bonds is 7. The van der Waals surface area contributed by atoms with E-state index in [9.17, 15) is 4.79 Å².